The summed E-state index contributed by atoms with van der Waals surface area (Å²) in [5, 5.41) is 2.59. The quantitative estimate of drug-likeness (QED) is 0.597. The second-order valence-electron chi connectivity index (χ2n) is 5.51. The molecule has 1 saturated heterocycles. The van der Waals surface area contributed by atoms with Crippen molar-refractivity contribution in [2.75, 3.05) is 7.11 Å². The second-order valence-corrected chi connectivity index (χ2v) is 7.79. The zero-order valence-electron chi connectivity index (χ0n) is 11.7. The van der Waals surface area contributed by atoms with Gasteiger partial charge >= 0.3 is 5.97 Å². The molecule has 0 aromatic rings. The molecule has 1 N–H and O–H groups in total. The van der Waals surface area contributed by atoms with Gasteiger partial charge in [0.05, 0.1) is 19.1 Å². The smallest absolute Gasteiger partial charge is 0.311 e. The Kier molecular flexibility index (Phi) is 4.67. The van der Waals surface area contributed by atoms with E-state index in [1.54, 1.807) is 13.8 Å². The van der Waals surface area contributed by atoms with Gasteiger partial charge in [-0.3, -0.25) is 9.59 Å². The number of halogens is 3. The van der Waals surface area contributed by atoms with Crippen LogP contribution in [0.1, 0.15) is 20.3 Å². The van der Waals surface area contributed by atoms with Gasteiger partial charge in [-0.25, -0.2) is 0 Å². The molecular weight excluding hydrogens is 344 g/mol. The summed E-state index contributed by atoms with van der Waals surface area (Å²) < 4.78 is 14.2. The first kappa shape index (κ1) is 17.1. The largest absolute Gasteiger partial charge is 0.469 e. The number of methoxy groups -OCH3 is 1. The average Bonchev–Trinajstić information content (AvgIpc) is 2.82. The topological polar surface area (TPSA) is 73.9 Å². The Morgan fingerprint density at radius 3 is 2.33 bits per heavy atom. The monoisotopic (exact) mass is 359 g/mol. The predicted octanol–water partition coefficient (Wildman–Crippen LogP) is 1.55. The third-order valence-corrected chi connectivity index (χ3v) is 4.06. The van der Waals surface area contributed by atoms with E-state index in [0.29, 0.717) is 6.42 Å². The summed E-state index contributed by atoms with van der Waals surface area (Å²) in [5.74, 6) is -2.58. The molecule has 1 saturated carbocycles. The van der Waals surface area contributed by atoms with E-state index in [4.69, 9.17) is 49.0 Å². The normalized spacial score (nSPS) is 34.4. The number of alkyl halides is 3. The van der Waals surface area contributed by atoms with Gasteiger partial charge in [-0.2, -0.15) is 0 Å². The molecule has 0 aromatic heterocycles. The number of ether oxygens (including phenoxy) is 3. The first-order valence-electron chi connectivity index (χ1n) is 6.36. The SMILES string of the molecule is COC(=O)[C@@H]1C[C@H](NC(=O)C(Cl)(Cl)Cl)[C@H]2OC(C)(C)O[C@H]21. The first-order chi connectivity index (χ1) is 9.55. The van der Waals surface area contributed by atoms with Gasteiger partial charge in [0, 0.05) is 0 Å². The van der Waals surface area contributed by atoms with Crippen LogP contribution in [0.15, 0.2) is 0 Å². The molecule has 1 aliphatic heterocycles. The van der Waals surface area contributed by atoms with Crippen LogP contribution in [0.2, 0.25) is 0 Å². The van der Waals surface area contributed by atoms with Gasteiger partial charge in [0.15, 0.2) is 5.79 Å². The Labute approximate surface area is 137 Å². The lowest BCUT2D eigenvalue weighted by atomic mass is 10.1. The van der Waals surface area contributed by atoms with Gasteiger partial charge in [-0.15, -0.1) is 0 Å². The lowest BCUT2D eigenvalue weighted by molar-refractivity contribution is -0.168. The summed E-state index contributed by atoms with van der Waals surface area (Å²) in [4.78, 5) is 23.6. The number of fused-ring (bicyclic) bond motifs is 1. The third-order valence-electron chi connectivity index (χ3n) is 3.54. The molecule has 2 aliphatic rings. The summed E-state index contributed by atoms with van der Waals surface area (Å²) in [5.41, 5.74) is 0. The zero-order chi connectivity index (χ0) is 16.0. The molecule has 0 bridgehead atoms. The number of hydrogen-bond acceptors (Lipinski definition) is 5. The lowest BCUT2D eigenvalue weighted by Gasteiger charge is -2.24. The van der Waals surface area contributed by atoms with Gasteiger partial charge in [0.25, 0.3) is 9.70 Å². The summed E-state index contributed by atoms with van der Waals surface area (Å²) in [7, 11) is 1.30. The molecule has 6 nitrogen and oxygen atoms in total. The Bertz CT molecular complexity index is 451. The van der Waals surface area contributed by atoms with E-state index in [9.17, 15) is 9.59 Å². The van der Waals surface area contributed by atoms with Crippen LogP contribution in [0.25, 0.3) is 0 Å². The Balaban J connectivity index is 2.16. The van der Waals surface area contributed by atoms with Crippen LogP contribution in [-0.4, -0.2) is 46.8 Å². The van der Waals surface area contributed by atoms with Crippen LogP contribution in [0.5, 0.6) is 0 Å². The number of esters is 1. The molecule has 21 heavy (non-hydrogen) atoms. The van der Waals surface area contributed by atoms with E-state index in [1.807, 2.05) is 0 Å². The van der Waals surface area contributed by atoms with E-state index < -0.39 is 45.6 Å². The van der Waals surface area contributed by atoms with Gasteiger partial charge in [-0.1, -0.05) is 34.8 Å². The number of amides is 1. The Morgan fingerprint density at radius 2 is 1.81 bits per heavy atom. The molecular formula is C12H16Cl3NO5. The van der Waals surface area contributed by atoms with Crippen molar-refractivity contribution in [3.63, 3.8) is 0 Å². The minimum absolute atomic E-state index is 0.296. The van der Waals surface area contributed by atoms with Crippen LogP contribution >= 0.6 is 34.8 Å². The van der Waals surface area contributed by atoms with Crippen molar-refractivity contribution in [1.29, 1.82) is 0 Å². The molecule has 0 unspecified atom stereocenters. The van der Waals surface area contributed by atoms with E-state index in [1.165, 1.54) is 7.11 Å². The summed E-state index contributed by atoms with van der Waals surface area (Å²) in [6, 6.07) is -0.496. The zero-order valence-corrected chi connectivity index (χ0v) is 14.0. The van der Waals surface area contributed by atoms with Gasteiger partial charge < -0.3 is 19.5 Å². The molecule has 1 heterocycles. The maximum atomic E-state index is 11.8. The Morgan fingerprint density at radius 1 is 1.24 bits per heavy atom. The molecule has 0 spiro atoms. The highest BCUT2D eigenvalue weighted by Gasteiger charge is 2.57. The van der Waals surface area contributed by atoms with Crippen LogP contribution in [-0.2, 0) is 23.8 Å². The lowest BCUT2D eigenvalue weighted by Crippen LogP contribution is -2.47. The highest BCUT2D eigenvalue weighted by molar-refractivity contribution is 6.76. The van der Waals surface area contributed by atoms with Crippen molar-refractivity contribution in [3.8, 4) is 0 Å². The van der Waals surface area contributed by atoms with Crippen molar-refractivity contribution < 1.29 is 23.8 Å². The number of rotatable bonds is 2. The van der Waals surface area contributed by atoms with Gasteiger partial charge in [0.1, 0.15) is 12.2 Å². The summed E-state index contributed by atoms with van der Waals surface area (Å²) >= 11 is 16.6. The third kappa shape index (κ3) is 3.56. The van der Waals surface area contributed by atoms with Crippen LogP contribution < -0.4 is 5.32 Å². The van der Waals surface area contributed by atoms with Crippen molar-refractivity contribution >= 4 is 46.7 Å². The fourth-order valence-electron chi connectivity index (χ4n) is 2.75. The minimum atomic E-state index is -2.08. The predicted molar refractivity (Wildman–Crippen MR) is 76.2 cm³/mol. The number of nitrogens with one attached hydrogen (secondary N) is 1. The molecule has 9 heteroatoms. The molecule has 1 aliphatic carbocycles. The standard InChI is InChI=1S/C12H16Cl3NO5/c1-11(2)20-7-5(9(17)19-3)4-6(8(7)21-11)16-10(18)12(13,14)15/h5-8H,4H2,1-3H3,(H,16,18)/t5-,6+,7+,8-/m1/s1. The Hall–Kier alpha value is -0.270. The summed E-state index contributed by atoms with van der Waals surface area (Å²) in [6.07, 6.45) is -0.710. The molecule has 2 fully saturated rings. The molecule has 0 radical (unpaired) electrons. The van der Waals surface area contributed by atoms with E-state index in [0.717, 1.165) is 0 Å². The fourth-order valence-corrected chi connectivity index (χ4v) is 2.92. The minimum Gasteiger partial charge on any atom is -0.469 e. The van der Waals surface area contributed by atoms with Crippen molar-refractivity contribution in [2.45, 2.75) is 48.1 Å². The van der Waals surface area contributed by atoms with E-state index in [-0.39, 0.29) is 0 Å². The van der Waals surface area contributed by atoms with Crippen LogP contribution in [0.3, 0.4) is 0 Å². The molecule has 120 valence electrons. The maximum Gasteiger partial charge on any atom is 0.311 e. The van der Waals surface area contributed by atoms with Crippen molar-refractivity contribution in [3.05, 3.63) is 0 Å². The highest BCUT2D eigenvalue weighted by Crippen LogP contribution is 2.42. The molecule has 0 aromatic carbocycles. The van der Waals surface area contributed by atoms with Crippen molar-refractivity contribution in [1.82, 2.24) is 5.32 Å². The average molecular weight is 361 g/mol. The summed E-state index contributed by atoms with van der Waals surface area (Å²) in [6.45, 7) is 3.46. The van der Waals surface area contributed by atoms with Crippen LogP contribution in [0.4, 0.5) is 0 Å². The number of carbonyl (C=O) groups is 2. The maximum absolute atomic E-state index is 11.8. The molecule has 4 atom stereocenters. The van der Waals surface area contributed by atoms with E-state index >= 15 is 0 Å². The van der Waals surface area contributed by atoms with Gasteiger partial charge in [0.2, 0.25) is 0 Å². The fraction of sp³-hybridized carbons (Fsp3) is 0.833. The number of carbonyl (C=O) groups excluding carboxylic acids is 2. The van der Waals surface area contributed by atoms with Crippen molar-refractivity contribution in [2.24, 2.45) is 5.92 Å². The molecule has 2 rings (SSSR count). The van der Waals surface area contributed by atoms with E-state index in [2.05, 4.69) is 5.32 Å². The highest BCUT2D eigenvalue weighted by atomic mass is 35.6. The molecule has 1 amide bonds. The number of hydrogen-bond donors (Lipinski definition) is 1. The first-order valence-corrected chi connectivity index (χ1v) is 7.49. The van der Waals surface area contributed by atoms with Crippen LogP contribution in [0, 0.1) is 5.92 Å². The second kappa shape index (κ2) is 5.74. The van der Waals surface area contributed by atoms with Gasteiger partial charge in [-0.05, 0) is 20.3 Å².